The van der Waals surface area contributed by atoms with Crippen LogP contribution in [0.5, 0.6) is 0 Å². The summed E-state index contributed by atoms with van der Waals surface area (Å²) in [6.45, 7) is 9.65. The summed E-state index contributed by atoms with van der Waals surface area (Å²) in [5.41, 5.74) is 3.91. The van der Waals surface area contributed by atoms with Crippen LogP contribution in [0, 0.1) is 12.3 Å². The van der Waals surface area contributed by atoms with E-state index in [-0.39, 0.29) is 23.3 Å². The maximum Gasteiger partial charge on any atom is 0.254 e. The Kier molecular flexibility index (Phi) is 8.89. The third kappa shape index (κ3) is 7.30. The molecule has 0 radical (unpaired) electrons. The average Bonchev–Trinajstić information content (AvgIpc) is 2.83. The van der Waals surface area contributed by atoms with Gasteiger partial charge in [-0.3, -0.25) is 4.79 Å². The molecular weight excluding hydrogens is 491 g/mol. The first-order chi connectivity index (χ1) is 17.5. The first-order valence-corrected chi connectivity index (χ1v) is 12.2. The monoisotopic (exact) mass is 522 g/mol. The number of nitrogens with one attached hydrogen (secondary N) is 5. The summed E-state index contributed by atoms with van der Waals surface area (Å²) in [6, 6.07) is 5.28. The Labute approximate surface area is 222 Å². The molecule has 0 fully saturated rings. The average molecular weight is 523 g/mol. The molecule has 3 rings (SSSR count). The molecule has 5 N–H and O–H groups in total. The number of alkyl halides is 1. The highest BCUT2D eigenvalue weighted by Crippen LogP contribution is 2.33. The predicted octanol–water partition coefficient (Wildman–Crippen LogP) is 5.05. The van der Waals surface area contributed by atoms with Crippen LogP contribution in [0.2, 0.25) is 0 Å². The van der Waals surface area contributed by atoms with Gasteiger partial charge >= 0.3 is 0 Å². The van der Waals surface area contributed by atoms with Crippen LogP contribution < -0.4 is 21.3 Å². The number of hydrogen-bond acceptors (Lipinski definition) is 6. The lowest BCUT2D eigenvalue weighted by molar-refractivity contribution is -0.116. The molecule has 7 nitrogen and oxygen atoms in total. The van der Waals surface area contributed by atoms with Crippen molar-refractivity contribution in [1.82, 2.24) is 20.9 Å². The molecule has 37 heavy (non-hydrogen) atoms. The van der Waals surface area contributed by atoms with E-state index in [2.05, 4.69) is 32.8 Å². The Morgan fingerprint density at radius 3 is 2.81 bits per heavy atom. The van der Waals surface area contributed by atoms with E-state index >= 15 is 0 Å². The maximum atomic E-state index is 14.7. The van der Waals surface area contributed by atoms with Crippen molar-refractivity contribution in [1.29, 1.82) is 5.41 Å². The zero-order chi connectivity index (χ0) is 27.2. The third-order valence-corrected chi connectivity index (χ3v) is 6.04. The molecule has 1 aromatic heterocycles. The van der Waals surface area contributed by atoms with Crippen LogP contribution >= 0.6 is 11.6 Å². The number of allylic oxidation sites excluding steroid dienone is 5. The van der Waals surface area contributed by atoms with E-state index in [9.17, 15) is 9.18 Å². The lowest BCUT2D eigenvalue weighted by atomic mass is 9.93. The number of likely N-dealkylation sites (N-methyl/N-ethyl adjacent to an activating group) is 1. The molecule has 0 aromatic carbocycles. The van der Waals surface area contributed by atoms with Crippen molar-refractivity contribution in [3.63, 3.8) is 0 Å². The maximum absolute atomic E-state index is 14.7. The fraction of sp³-hybridized carbons (Fsp3) is 0.250. The molecule has 0 bridgehead atoms. The van der Waals surface area contributed by atoms with Gasteiger partial charge in [0.25, 0.3) is 5.91 Å². The minimum Gasteiger partial charge on any atom is -0.379 e. The van der Waals surface area contributed by atoms with Crippen LogP contribution in [0.1, 0.15) is 26.0 Å². The molecule has 2 aliphatic rings. The Hall–Kier alpha value is -3.91. The van der Waals surface area contributed by atoms with E-state index in [0.717, 1.165) is 17.5 Å². The van der Waals surface area contributed by atoms with Crippen molar-refractivity contribution >= 4 is 29.5 Å². The smallest absolute Gasteiger partial charge is 0.254 e. The van der Waals surface area contributed by atoms with Crippen LogP contribution in [-0.2, 0) is 4.79 Å². The summed E-state index contributed by atoms with van der Waals surface area (Å²) < 4.78 is 14.7. The Morgan fingerprint density at radius 2 is 2.16 bits per heavy atom. The zero-order valence-corrected chi connectivity index (χ0v) is 22.1. The molecule has 2 atom stereocenters. The molecule has 0 saturated carbocycles. The summed E-state index contributed by atoms with van der Waals surface area (Å²) in [6.07, 6.45) is 11.8. The number of dihydropyridines is 1. The van der Waals surface area contributed by atoms with E-state index in [1.807, 2.05) is 38.1 Å². The van der Waals surface area contributed by atoms with Gasteiger partial charge in [-0.2, -0.15) is 0 Å². The number of halogens is 2. The van der Waals surface area contributed by atoms with Crippen LogP contribution in [0.15, 0.2) is 101 Å². The van der Waals surface area contributed by atoms with Gasteiger partial charge in [-0.05, 0) is 63.6 Å². The van der Waals surface area contributed by atoms with E-state index in [1.54, 1.807) is 31.4 Å². The van der Waals surface area contributed by atoms with Gasteiger partial charge in [0.05, 0.1) is 22.2 Å². The van der Waals surface area contributed by atoms with Gasteiger partial charge in [-0.25, -0.2) is 9.37 Å². The summed E-state index contributed by atoms with van der Waals surface area (Å²) in [5, 5.41) is 19.8. The minimum absolute atomic E-state index is 0.181. The summed E-state index contributed by atoms with van der Waals surface area (Å²) >= 11 is 6.28. The fourth-order valence-corrected chi connectivity index (χ4v) is 4.07. The van der Waals surface area contributed by atoms with Crippen molar-refractivity contribution in [3.05, 3.63) is 107 Å². The molecule has 194 valence electrons. The second-order valence-electron chi connectivity index (χ2n) is 9.00. The number of aromatic nitrogens is 1. The molecule has 0 spiro atoms. The number of pyridine rings is 1. The minimum atomic E-state index is -0.731. The number of rotatable bonds is 9. The quantitative estimate of drug-likeness (QED) is 0.135. The summed E-state index contributed by atoms with van der Waals surface area (Å²) in [7, 11) is 1.51. The molecule has 1 aromatic rings. The first-order valence-electron chi connectivity index (χ1n) is 11.8. The molecule has 2 heterocycles. The third-order valence-electron chi connectivity index (χ3n) is 5.78. The second-order valence-corrected chi connectivity index (χ2v) is 9.86. The number of carbonyl (C=O) groups is 1. The van der Waals surface area contributed by atoms with Gasteiger partial charge < -0.3 is 26.7 Å². The lowest BCUT2D eigenvalue weighted by Gasteiger charge is -2.26. The van der Waals surface area contributed by atoms with Crippen molar-refractivity contribution in [3.8, 4) is 0 Å². The molecule has 1 aliphatic carbocycles. The van der Waals surface area contributed by atoms with Crippen LogP contribution in [0.3, 0.4) is 0 Å². The topological polar surface area (TPSA) is 102 Å². The van der Waals surface area contributed by atoms with E-state index < -0.39 is 4.87 Å². The predicted molar refractivity (Wildman–Crippen MR) is 149 cm³/mol. The highest BCUT2D eigenvalue weighted by atomic mass is 35.5. The number of aryl methyl sites for hydroxylation is 1. The van der Waals surface area contributed by atoms with Gasteiger partial charge in [0.2, 0.25) is 0 Å². The molecular formula is C28H32ClFN6O. The molecule has 9 heteroatoms. The highest BCUT2D eigenvalue weighted by molar-refractivity contribution is 6.25. The fourth-order valence-electron chi connectivity index (χ4n) is 3.90. The number of hydrogen-bond donors (Lipinski definition) is 5. The van der Waals surface area contributed by atoms with Crippen LogP contribution in [0.4, 0.5) is 10.2 Å². The number of amides is 1. The largest absolute Gasteiger partial charge is 0.379 e. The number of anilines is 1. The molecule has 1 aliphatic heterocycles. The Morgan fingerprint density at radius 1 is 1.41 bits per heavy atom. The van der Waals surface area contributed by atoms with Gasteiger partial charge in [0, 0.05) is 47.7 Å². The molecule has 0 saturated heterocycles. The lowest BCUT2D eigenvalue weighted by Crippen LogP contribution is -2.29. The van der Waals surface area contributed by atoms with Gasteiger partial charge in [0.1, 0.15) is 11.6 Å². The summed E-state index contributed by atoms with van der Waals surface area (Å²) in [5.74, 6) is -0.115. The van der Waals surface area contributed by atoms with Crippen LogP contribution in [-0.4, -0.2) is 35.1 Å². The number of nitrogens with zero attached hydrogens (tertiary/aromatic N) is 1. The van der Waals surface area contributed by atoms with Crippen molar-refractivity contribution < 1.29 is 9.18 Å². The van der Waals surface area contributed by atoms with Gasteiger partial charge in [-0.15, -0.1) is 11.6 Å². The number of carbonyl (C=O) groups excluding carboxylic acids is 1. The zero-order valence-electron chi connectivity index (χ0n) is 21.4. The van der Waals surface area contributed by atoms with E-state index in [0.29, 0.717) is 34.9 Å². The van der Waals surface area contributed by atoms with E-state index in [1.165, 1.54) is 13.1 Å². The highest BCUT2D eigenvalue weighted by Gasteiger charge is 2.26. The summed E-state index contributed by atoms with van der Waals surface area (Å²) in [4.78, 5) is 16.0. The van der Waals surface area contributed by atoms with Crippen LogP contribution in [0.25, 0.3) is 0 Å². The SMILES string of the molecule is C=C(/C=C(\Nc1cccc(C)n1)C1=C/C(=C(/C=N)C(=O)NC)NC=C1)NC(C)C1=CCC(C)(Cl)C=C1F. The Balaban J connectivity index is 1.94. The Bertz CT molecular complexity index is 1290. The van der Waals surface area contributed by atoms with Crippen molar-refractivity contribution in [2.75, 3.05) is 12.4 Å². The first kappa shape index (κ1) is 27.7. The van der Waals surface area contributed by atoms with E-state index in [4.69, 9.17) is 17.0 Å². The molecule has 1 amide bonds. The normalized spacial score (nSPS) is 21.5. The van der Waals surface area contributed by atoms with Crippen molar-refractivity contribution in [2.24, 2.45) is 0 Å². The van der Waals surface area contributed by atoms with Gasteiger partial charge in [-0.1, -0.05) is 18.7 Å². The molecule has 2 unspecified atom stereocenters. The second kappa shape index (κ2) is 11.9. The van der Waals surface area contributed by atoms with Gasteiger partial charge in [0.15, 0.2) is 0 Å². The standard InChI is InChI=1S/C28H32ClFN6O/c1-17-7-6-8-26(35-17)36-24(20-10-12-33-25(14-20)22(16-31)27(37)32-5)13-18(2)34-19(3)21-9-11-28(4,29)15-23(21)30/h6-10,12-16,19,31,33-34H,2,11H2,1,3-5H3,(H,32,37)(H,35,36)/b24-13-,25-22+,31-16?. The van der Waals surface area contributed by atoms with Crippen molar-refractivity contribution in [2.45, 2.75) is 38.1 Å².